The first kappa shape index (κ1) is 19.5. The van der Waals surface area contributed by atoms with Gasteiger partial charge in [0.1, 0.15) is 25.6 Å². The molecule has 0 N–H and O–H groups in total. The molecule has 0 bridgehead atoms. The molecule has 0 aliphatic carbocycles. The van der Waals surface area contributed by atoms with Gasteiger partial charge in [-0.3, -0.25) is 4.79 Å². The van der Waals surface area contributed by atoms with Gasteiger partial charge in [0.15, 0.2) is 23.9 Å². The zero-order valence-electron chi connectivity index (χ0n) is 16.2. The largest absolute Gasteiger partial charge is 0.489 e. The van der Waals surface area contributed by atoms with Gasteiger partial charge in [0.2, 0.25) is 0 Å². The van der Waals surface area contributed by atoms with E-state index >= 15 is 0 Å². The van der Waals surface area contributed by atoms with Crippen LogP contribution in [0.15, 0.2) is 72.8 Å². The molecule has 0 saturated heterocycles. The first-order valence-electron chi connectivity index (χ1n) is 9.56. The third-order valence-electron chi connectivity index (χ3n) is 4.54. The zero-order chi connectivity index (χ0) is 20.8. The van der Waals surface area contributed by atoms with Gasteiger partial charge in [-0.15, -0.1) is 0 Å². The van der Waals surface area contributed by atoms with Gasteiger partial charge in [0.25, 0.3) is 0 Å². The van der Waals surface area contributed by atoms with Crippen LogP contribution in [-0.4, -0.2) is 31.6 Å². The maximum absolute atomic E-state index is 12.3. The van der Waals surface area contributed by atoms with Gasteiger partial charge in [-0.2, -0.15) is 0 Å². The highest BCUT2D eigenvalue weighted by Crippen LogP contribution is 2.30. The Balaban J connectivity index is 1.30. The van der Waals surface area contributed by atoms with Crippen LogP contribution in [0.3, 0.4) is 0 Å². The molecule has 0 unspecified atom stereocenters. The summed E-state index contributed by atoms with van der Waals surface area (Å²) in [5.74, 6) is 0.871. The number of esters is 1. The van der Waals surface area contributed by atoms with Crippen LogP contribution in [0.4, 0.5) is 0 Å². The molecule has 1 aliphatic rings. The van der Waals surface area contributed by atoms with Gasteiger partial charge in [0, 0.05) is 5.56 Å². The first-order valence-corrected chi connectivity index (χ1v) is 9.56. The quantitative estimate of drug-likeness (QED) is 0.437. The fraction of sp³-hybridized carbons (Fsp3) is 0.167. The van der Waals surface area contributed by atoms with Gasteiger partial charge in [0.05, 0.1) is 5.56 Å². The fourth-order valence-corrected chi connectivity index (χ4v) is 2.94. The summed E-state index contributed by atoms with van der Waals surface area (Å²) in [4.78, 5) is 24.6. The van der Waals surface area contributed by atoms with Crippen LogP contribution in [0.5, 0.6) is 17.2 Å². The van der Waals surface area contributed by atoms with Gasteiger partial charge < -0.3 is 18.9 Å². The third-order valence-corrected chi connectivity index (χ3v) is 4.54. The number of hydrogen-bond donors (Lipinski definition) is 0. The van der Waals surface area contributed by atoms with Crippen LogP contribution in [0.2, 0.25) is 0 Å². The van der Waals surface area contributed by atoms with Crippen molar-refractivity contribution in [3.63, 3.8) is 0 Å². The van der Waals surface area contributed by atoms with Crippen LogP contribution < -0.4 is 14.2 Å². The second-order valence-corrected chi connectivity index (χ2v) is 6.66. The average Bonchev–Trinajstić information content (AvgIpc) is 2.81. The second kappa shape index (κ2) is 9.13. The fourth-order valence-electron chi connectivity index (χ4n) is 2.94. The molecule has 0 aromatic heterocycles. The van der Waals surface area contributed by atoms with Crippen molar-refractivity contribution in [2.45, 2.75) is 6.61 Å². The van der Waals surface area contributed by atoms with Crippen LogP contribution in [0, 0.1) is 0 Å². The highest BCUT2D eigenvalue weighted by Gasteiger charge is 2.17. The molecule has 6 nitrogen and oxygen atoms in total. The van der Waals surface area contributed by atoms with E-state index in [4.69, 9.17) is 18.9 Å². The lowest BCUT2D eigenvalue weighted by Gasteiger charge is -2.18. The molecular weight excluding hydrogens is 384 g/mol. The smallest absolute Gasteiger partial charge is 0.338 e. The Morgan fingerprint density at radius 3 is 2.27 bits per heavy atom. The number of carbonyl (C=O) groups is 2. The molecule has 30 heavy (non-hydrogen) atoms. The van der Waals surface area contributed by atoms with E-state index in [2.05, 4.69) is 0 Å². The summed E-state index contributed by atoms with van der Waals surface area (Å²) >= 11 is 0. The SMILES string of the molecule is O=C(COC(=O)c1ccc(OCc2ccccc2)cc1)c1ccc2c(c1)OCCO2. The van der Waals surface area contributed by atoms with Crippen LogP contribution in [0.1, 0.15) is 26.3 Å². The molecule has 0 spiro atoms. The van der Waals surface area contributed by atoms with E-state index in [9.17, 15) is 9.59 Å². The Hall–Kier alpha value is -3.80. The molecule has 1 heterocycles. The molecule has 152 valence electrons. The molecule has 0 saturated carbocycles. The minimum Gasteiger partial charge on any atom is -0.489 e. The monoisotopic (exact) mass is 404 g/mol. The Kier molecular flexibility index (Phi) is 5.94. The lowest BCUT2D eigenvalue weighted by Crippen LogP contribution is -2.17. The van der Waals surface area contributed by atoms with E-state index in [1.165, 1.54) is 0 Å². The van der Waals surface area contributed by atoms with Crippen molar-refractivity contribution in [2.75, 3.05) is 19.8 Å². The summed E-state index contributed by atoms with van der Waals surface area (Å²) in [7, 11) is 0. The minimum atomic E-state index is -0.574. The normalized spacial score (nSPS) is 12.1. The van der Waals surface area contributed by atoms with Crippen molar-refractivity contribution in [3.8, 4) is 17.2 Å². The number of benzene rings is 3. The summed E-state index contributed by atoms with van der Waals surface area (Å²) in [6.45, 7) is 0.998. The minimum absolute atomic E-state index is 0.317. The van der Waals surface area contributed by atoms with Crippen molar-refractivity contribution in [3.05, 3.63) is 89.5 Å². The second-order valence-electron chi connectivity index (χ2n) is 6.66. The van der Waals surface area contributed by atoms with E-state index < -0.39 is 5.97 Å². The summed E-state index contributed by atoms with van der Waals surface area (Å²) in [6, 6.07) is 21.3. The number of ketones is 1. The number of Topliss-reactive ketones (excluding diaryl/α,β-unsaturated/α-hetero) is 1. The molecule has 6 heteroatoms. The third kappa shape index (κ3) is 4.78. The topological polar surface area (TPSA) is 71.1 Å². The van der Waals surface area contributed by atoms with Crippen molar-refractivity contribution >= 4 is 11.8 Å². The van der Waals surface area contributed by atoms with E-state index in [1.807, 2.05) is 30.3 Å². The van der Waals surface area contributed by atoms with Crippen LogP contribution >= 0.6 is 0 Å². The highest BCUT2D eigenvalue weighted by atomic mass is 16.6. The molecular formula is C24H20O6. The van der Waals surface area contributed by atoms with Gasteiger partial charge >= 0.3 is 5.97 Å². The lowest BCUT2D eigenvalue weighted by atomic mass is 10.1. The first-order chi connectivity index (χ1) is 14.7. The summed E-state index contributed by atoms with van der Waals surface area (Å²) in [5.41, 5.74) is 1.80. The predicted octanol–water partition coefficient (Wildman–Crippen LogP) is 4.08. The predicted molar refractivity (Wildman–Crippen MR) is 109 cm³/mol. The average molecular weight is 404 g/mol. The standard InChI is InChI=1S/C24H20O6/c25-21(19-8-11-22-23(14-19)28-13-12-27-22)16-30-24(26)18-6-9-20(10-7-18)29-15-17-4-2-1-3-5-17/h1-11,14H,12-13,15-16H2. The Morgan fingerprint density at radius 1 is 0.800 bits per heavy atom. The van der Waals surface area contributed by atoms with Crippen molar-refractivity contribution in [1.82, 2.24) is 0 Å². The van der Waals surface area contributed by atoms with Crippen molar-refractivity contribution in [1.29, 1.82) is 0 Å². The van der Waals surface area contributed by atoms with E-state index in [1.54, 1.807) is 42.5 Å². The molecule has 0 radical (unpaired) electrons. The number of carbonyl (C=O) groups excluding carboxylic acids is 2. The molecule has 0 fully saturated rings. The number of ether oxygens (including phenoxy) is 4. The van der Waals surface area contributed by atoms with Crippen molar-refractivity contribution < 1.29 is 28.5 Å². The Bertz CT molecular complexity index is 1030. The van der Waals surface area contributed by atoms with E-state index in [0.29, 0.717) is 48.2 Å². The number of hydrogen-bond acceptors (Lipinski definition) is 6. The molecule has 4 rings (SSSR count). The summed E-state index contributed by atoms with van der Waals surface area (Å²) in [5, 5.41) is 0. The lowest BCUT2D eigenvalue weighted by molar-refractivity contribution is 0.0474. The maximum Gasteiger partial charge on any atom is 0.338 e. The molecule has 1 aliphatic heterocycles. The molecule has 3 aromatic carbocycles. The summed E-state index contributed by atoms with van der Waals surface area (Å²) in [6.07, 6.45) is 0. The number of fused-ring (bicyclic) bond motifs is 1. The van der Waals surface area contributed by atoms with Crippen LogP contribution in [0.25, 0.3) is 0 Å². The van der Waals surface area contributed by atoms with Gasteiger partial charge in [-0.1, -0.05) is 30.3 Å². The molecule has 0 amide bonds. The zero-order valence-corrected chi connectivity index (χ0v) is 16.2. The molecule has 0 atom stereocenters. The maximum atomic E-state index is 12.3. The Morgan fingerprint density at radius 2 is 1.50 bits per heavy atom. The number of rotatable bonds is 7. The molecule has 3 aromatic rings. The van der Waals surface area contributed by atoms with Crippen molar-refractivity contribution in [2.24, 2.45) is 0 Å². The highest BCUT2D eigenvalue weighted by molar-refractivity contribution is 5.99. The van der Waals surface area contributed by atoms with Gasteiger partial charge in [-0.25, -0.2) is 4.79 Å². The Labute approximate surface area is 174 Å². The van der Waals surface area contributed by atoms with E-state index in [0.717, 1.165) is 5.56 Å². The van der Waals surface area contributed by atoms with Gasteiger partial charge in [-0.05, 0) is 48.0 Å². The summed E-state index contributed by atoms with van der Waals surface area (Å²) < 4.78 is 21.8. The van der Waals surface area contributed by atoms with Crippen LogP contribution in [-0.2, 0) is 11.3 Å². The van der Waals surface area contributed by atoms with E-state index in [-0.39, 0.29) is 12.4 Å².